The normalized spacial score (nSPS) is 11.6. The molecule has 0 bridgehead atoms. The standard InChI is InChI=1S/C15H21ClN4O/c1-3-15(4-2,9-21)8-18-13-7-12(16)5-6-14(13)20-11-17-10-19-20/h5-7,10-11,18,21H,3-4,8-9H2,1-2H3. The fourth-order valence-corrected chi connectivity index (χ4v) is 2.42. The van der Waals surface area contributed by atoms with Gasteiger partial charge in [-0.25, -0.2) is 9.67 Å². The molecular weight excluding hydrogens is 288 g/mol. The molecule has 1 aromatic carbocycles. The predicted octanol–water partition coefficient (Wildman–Crippen LogP) is 3.13. The van der Waals surface area contributed by atoms with Gasteiger partial charge in [0.1, 0.15) is 12.7 Å². The molecule has 6 heteroatoms. The monoisotopic (exact) mass is 308 g/mol. The van der Waals surface area contributed by atoms with E-state index in [1.54, 1.807) is 11.0 Å². The number of halogens is 1. The van der Waals surface area contributed by atoms with Crippen molar-refractivity contribution < 1.29 is 5.11 Å². The molecule has 0 fully saturated rings. The summed E-state index contributed by atoms with van der Waals surface area (Å²) in [6.07, 6.45) is 4.96. The Morgan fingerprint density at radius 1 is 1.33 bits per heavy atom. The van der Waals surface area contributed by atoms with Gasteiger partial charge in [0.05, 0.1) is 18.0 Å². The summed E-state index contributed by atoms with van der Waals surface area (Å²) in [5, 5.41) is 17.9. The van der Waals surface area contributed by atoms with Crippen molar-refractivity contribution >= 4 is 17.3 Å². The third kappa shape index (κ3) is 3.54. The molecule has 0 saturated carbocycles. The van der Waals surface area contributed by atoms with E-state index in [4.69, 9.17) is 11.6 Å². The van der Waals surface area contributed by atoms with Crippen LogP contribution in [0.25, 0.3) is 5.69 Å². The Morgan fingerprint density at radius 3 is 2.67 bits per heavy atom. The third-order valence-corrected chi connectivity index (χ3v) is 4.35. The van der Waals surface area contributed by atoms with E-state index in [-0.39, 0.29) is 12.0 Å². The first-order valence-corrected chi connectivity index (χ1v) is 7.51. The summed E-state index contributed by atoms with van der Waals surface area (Å²) < 4.78 is 1.69. The van der Waals surface area contributed by atoms with Crippen LogP contribution in [0.3, 0.4) is 0 Å². The van der Waals surface area contributed by atoms with Crippen molar-refractivity contribution in [3.63, 3.8) is 0 Å². The summed E-state index contributed by atoms with van der Waals surface area (Å²) in [6, 6.07) is 5.59. The molecule has 0 saturated heterocycles. The van der Waals surface area contributed by atoms with Gasteiger partial charge in [0.25, 0.3) is 0 Å². The van der Waals surface area contributed by atoms with Crippen LogP contribution in [0, 0.1) is 5.41 Å². The Hall–Kier alpha value is -1.59. The fourth-order valence-electron chi connectivity index (χ4n) is 2.24. The van der Waals surface area contributed by atoms with Gasteiger partial charge in [0.15, 0.2) is 0 Å². The number of aromatic nitrogens is 3. The highest BCUT2D eigenvalue weighted by atomic mass is 35.5. The molecule has 0 spiro atoms. The van der Waals surface area contributed by atoms with Gasteiger partial charge in [-0.05, 0) is 31.0 Å². The highest BCUT2D eigenvalue weighted by Crippen LogP contribution is 2.29. The second-order valence-corrected chi connectivity index (χ2v) is 5.66. The van der Waals surface area contributed by atoms with Crippen LogP contribution in [0.15, 0.2) is 30.9 Å². The average molecular weight is 309 g/mol. The highest BCUT2D eigenvalue weighted by Gasteiger charge is 2.25. The van der Waals surface area contributed by atoms with Gasteiger partial charge < -0.3 is 10.4 Å². The topological polar surface area (TPSA) is 63.0 Å². The predicted molar refractivity (Wildman–Crippen MR) is 85.0 cm³/mol. The quantitative estimate of drug-likeness (QED) is 0.825. The van der Waals surface area contributed by atoms with Crippen LogP contribution in [0.2, 0.25) is 5.02 Å². The van der Waals surface area contributed by atoms with Crippen LogP contribution in [-0.4, -0.2) is 33.0 Å². The second kappa shape index (κ2) is 6.91. The van der Waals surface area contributed by atoms with E-state index < -0.39 is 0 Å². The summed E-state index contributed by atoms with van der Waals surface area (Å²) in [4.78, 5) is 3.97. The molecule has 114 valence electrons. The van der Waals surface area contributed by atoms with Crippen molar-refractivity contribution in [1.29, 1.82) is 0 Å². The minimum absolute atomic E-state index is 0.123. The largest absolute Gasteiger partial charge is 0.396 e. The molecule has 0 aliphatic carbocycles. The first-order chi connectivity index (χ1) is 10.1. The molecule has 0 unspecified atom stereocenters. The lowest BCUT2D eigenvalue weighted by Gasteiger charge is -2.30. The van der Waals surface area contributed by atoms with Crippen molar-refractivity contribution in [2.24, 2.45) is 5.41 Å². The fraction of sp³-hybridized carbons (Fsp3) is 0.467. The summed E-state index contributed by atoms with van der Waals surface area (Å²) in [5.41, 5.74) is 1.64. The number of aliphatic hydroxyl groups is 1. The van der Waals surface area contributed by atoms with Crippen molar-refractivity contribution in [2.45, 2.75) is 26.7 Å². The molecule has 0 atom stereocenters. The zero-order valence-electron chi connectivity index (χ0n) is 12.4. The lowest BCUT2D eigenvalue weighted by atomic mass is 9.83. The molecule has 5 nitrogen and oxygen atoms in total. The van der Waals surface area contributed by atoms with Gasteiger partial charge in [0.2, 0.25) is 0 Å². The lowest BCUT2D eigenvalue weighted by Crippen LogP contribution is -2.32. The van der Waals surface area contributed by atoms with E-state index in [2.05, 4.69) is 29.2 Å². The van der Waals surface area contributed by atoms with E-state index in [0.29, 0.717) is 11.6 Å². The molecule has 0 aliphatic heterocycles. The number of anilines is 1. The van der Waals surface area contributed by atoms with Crippen LogP contribution in [0.4, 0.5) is 5.69 Å². The average Bonchev–Trinajstić information content (AvgIpc) is 3.03. The molecule has 1 aromatic heterocycles. The number of hydrogen-bond acceptors (Lipinski definition) is 4. The Bertz CT molecular complexity index is 559. The number of hydrogen-bond donors (Lipinski definition) is 2. The molecule has 21 heavy (non-hydrogen) atoms. The van der Waals surface area contributed by atoms with E-state index in [9.17, 15) is 5.11 Å². The van der Waals surface area contributed by atoms with Gasteiger partial charge in [-0.3, -0.25) is 0 Å². The van der Waals surface area contributed by atoms with E-state index in [1.165, 1.54) is 6.33 Å². The van der Waals surface area contributed by atoms with Gasteiger partial charge in [-0.15, -0.1) is 0 Å². The SMILES string of the molecule is CCC(CC)(CO)CNc1cc(Cl)ccc1-n1cncn1. The van der Waals surface area contributed by atoms with Crippen LogP contribution in [0.5, 0.6) is 0 Å². The number of benzene rings is 1. The van der Waals surface area contributed by atoms with Gasteiger partial charge in [-0.1, -0.05) is 25.4 Å². The molecule has 1 heterocycles. The lowest BCUT2D eigenvalue weighted by molar-refractivity contribution is 0.127. The van der Waals surface area contributed by atoms with E-state index >= 15 is 0 Å². The summed E-state index contributed by atoms with van der Waals surface area (Å²) >= 11 is 6.10. The van der Waals surface area contributed by atoms with Crippen molar-refractivity contribution in [2.75, 3.05) is 18.5 Å². The zero-order valence-corrected chi connectivity index (χ0v) is 13.1. The van der Waals surface area contributed by atoms with Crippen molar-refractivity contribution in [3.8, 4) is 5.69 Å². The minimum Gasteiger partial charge on any atom is -0.396 e. The smallest absolute Gasteiger partial charge is 0.138 e. The Morgan fingerprint density at radius 2 is 2.10 bits per heavy atom. The molecule has 2 N–H and O–H groups in total. The number of nitrogens with one attached hydrogen (secondary N) is 1. The van der Waals surface area contributed by atoms with E-state index in [0.717, 1.165) is 24.2 Å². The molecule has 0 amide bonds. The Labute approximate surface area is 130 Å². The molecular formula is C15H21ClN4O. The maximum Gasteiger partial charge on any atom is 0.138 e. The molecule has 0 radical (unpaired) electrons. The molecule has 2 rings (SSSR count). The molecule has 0 aliphatic rings. The Balaban J connectivity index is 2.25. The highest BCUT2D eigenvalue weighted by molar-refractivity contribution is 6.31. The minimum atomic E-state index is -0.123. The van der Waals surface area contributed by atoms with Gasteiger partial charge >= 0.3 is 0 Å². The van der Waals surface area contributed by atoms with Gasteiger partial charge in [-0.2, -0.15) is 5.10 Å². The number of aliphatic hydroxyl groups excluding tert-OH is 1. The Kier molecular flexibility index (Phi) is 5.20. The third-order valence-electron chi connectivity index (χ3n) is 4.11. The zero-order chi connectivity index (χ0) is 15.3. The molecule has 2 aromatic rings. The number of nitrogens with zero attached hydrogens (tertiary/aromatic N) is 3. The summed E-state index contributed by atoms with van der Waals surface area (Å²) in [5.74, 6) is 0. The van der Waals surface area contributed by atoms with Crippen LogP contribution in [0.1, 0.15) is 26.7 Å². The first-order valence-electron chi connectivity index (χ1n) is 7.13. The number of rotatable bonds is 7. The van der Waals surface area contributed by atoms with Crippen LogP contribution >= 0.6 is 11.6 Å². The summed E-state index contributed by atoms with van der Waals surface area (Å²) in [6.45, 7) is 5.03. The van der Waals surface area contributed by atoms with Crippen LogP contribution < -0.4 is 5.32 Å². The maximum atomic E-state index is 9.67. The van der Waals surface area contributed by atoms with Crippen molar-refractivity contribution in [3.05, 3.63) is 35.9 Å². The second-order valence-electron chi connectivity index (χ2n) is 5.22. The van der Waals surface area contributed by atoms with E-state index in [1.807, 2.05) is 18.2 Å². The van der Waals surface area contributed by atoms with Gasteiger partial charge in [0, 0.05) is 17.0 Å². The first kappa shape index (κ1) is 15.8. The summed E-state index contributed by atoms with van der Waals surface area (Å²) in [7, 11) is 0. The maximum absolute atomic E-state index is 9.67. The van der Waals surface area contributed by atoms with Crippen molar-refractivity contribution in [1.82, 2.24) is 14.8 Å². The van der Waals surface area contributed by atoms with Crippen LogP contribution in [-0.2, 0) is 0 Å².